The molecule has 2 heterocycles. The fourth-order valence-electron chi connectivity index (χ4n) is 3.46. The summed E-state index contributed by atoms with van der Waals surface area (Å²) >= 11 is 0. The van der Waals surface area contributed by atoms with Crippen molar-refractivity contribution in [3.8, 4) is 0 Å². The fraction of sp³-hybridized carbons (Fsp3) is 0.588. The van der Waals surface area contributed by atoms with Crippen molar-refractivity contribution in [2.75, 3.05) is 18.0 Å². The Hall–Kier alpha value is -1.39. The van der Waals surface area contributed by atoms with Gasteiger partial charge < -0.3 is 15.3 Å². The van der Waals surface area contributed by atoms with Gasteiger partial charge in [-0.05, 0) is 49.4 Å². The van der Waals surface area contributed by atoms with Crippen molar-refractivity contribution in [1.82, 2.24) is 5.32 Å². The molecular weight excluding hydrogens is 264 g/mol. The first kappa shape index (κ1) is 14.5. The minimum absolute atomic E-state index is 0.167. The van der Waals surface area contributed by atoms with Gasteiger partial charge in [0.2, 0.25) is 5.91 Å². The summed E-state index contributed by atoms with van der Waals surface area (Å²) in [5.74, 6) is 0.182. The number of carbonyl (C=O) groups excluding carboxylic acids is 1. The van der Waals surface area contributed by atoms with Crippen molar-refractivity contribution in [1.29, 1.82) is 0 Å². The standard InChI is InChI=1S/C17H24N2O2/c1-2-16(20)19-10-4-5-12-11-13(7-8-15(12)19)17(21)14-6-3-9-18-14/h7-8,11,14,17-18,21H,2-6,9-10H2,1H3. The minimum Gasteiger partial charge on any atom is -0.387 e. The molecule has 2 atom stereocenters. The largest absolute Gasteiger partial charge is 0.387 e. The molecule has 1 fully saturated rings. The minimum atomic E-state index is -0.449. The molecule has 2 unspecified atom stereocenters. The predicted octanol–water partition coefficient (Wildman–Crippen LogP) is 2.16. The van der Waals surface area contributed by atoms with Crippen LogP contribution in [0.5, 0.6) is 0 Å². The van der Waals surface area contributed by atoms with E-state index in [0.29, 0.717) is 6.42 Å². The quantitative estimate of drug-likeness (QED) is 0.896. The second-order valence-corrected chi connectivity index (χ2v) is 6.04. The molecule has 2 aliphatic heterocycles. The van der Waals surface area contributed by atoms with E-state index in [-0.39, 0.29) is 11.9 Å². The number of anilines is 1. The molecule has 21 heavy (non-hydrogen) atoms. The highest BCUT2D eigenvalue weighted by molar-refractivity contribution is 5.94. The molecule has 0 bridgehead atoms. The summed E-state index contributed by atoms with van der Waals surface area (Å²) in [6, 6.07) is 6.25. The number of rotatable bonds is 3. The smallest absolute Gasteiger partial charge is 0.226 e. The average molecular weight is 288 g/mol. The summed E-state index contributed by atoms with van der Waals surface area (Å²) < 4.78 is 0. The number of benzene rings is 1. The van der Waals surface area contributed by atoms with Gasteiger partial charge in [0, 0.05) is 24.7 Å². The average Bonchev–Trinajstić information content (AvgIpc) is 3.06. The number of carbonyl (C=O) groups is 1. The maximum Gasteiger partial charge on any atom is 0.226 e. The van der Waals surface area contributed by atoms with Crippen molar-refractivity contribution >= 4 is 11.6 Å². The molecule has 2 aliphatic rings. The van der Waals surface area contributed by atoms with Crippen LogP contribution in [0.25, 0.3) is 0 Å². The highest BCUT2D eigenvalue weighted by Gasteiger charge is 2.26. The summed E-state index contributed by atoms with van der Waals surface area (Å²) in [6.07, 6.45) is 4.23. The van der Waals surface area contributed by atoms with Crippen LogP contribution >= 0.6 is 0 Å². The maximum atomic E-state index is 12.0. The Morgan fingerprint density at radius 1 is 1.48 bits per heavy atom. The van der Waals surface area contributed by atoms with Crippen molar-refractivity contribution in [2.24, 2.45) is 0 Å². The summed E-state index contributed by atoms with van der Waals surface area (Å²) in [4.78, 5) is 13.9. The van der Waals surface area contributed by atoms with Gasteiger partial charge in [0.1, 0.15) is 0 Å². The third-order valence-electron chi connectivity index (χ3n) is 4.65. The van der Waals surface area contributed by atoms with Crippen LogP contribution in [0.2, 0.25) is 0 Å². The third kappa shape index (κ3) is 2.83. The number of nitrogens with zero attached hydrogens (tertiary/aromatic N) is 1. The summed E-state index contributed by atoms with van der Waals surface area (Å²) in [7, 11) is 0. The zero-order valence-corrected chi connectivity index (χ0v) is 12.6. The van der Waals surface area contributed by atoms with Gasteiger partial charge in [-0.25, -0.2) is 0 Å². The zero-order valence-electron chi connectivity index (χ0n) is 12.6. The monoisotopic (exact) mass is 288 g/mol. The lowest BCUT2D eigenvalue weighted by atomic mass is 9.94. The van der Waals surface area contributed by atoms with Gasteiger partial charge in [-0.3, -0.25) is 4.79 Å². The Morgan fingerprint density at radius 3 is 3.05 bits per heavy atom. The van der Waals surface area contributed by atoms with E-state index >= 15 is 0 Å². The maximum absolute atomic E-state index is 12.0. The van der Waals surface area contributed by atoms with Gasteiger partial charge in [0.25, 0.3) is 0 Å². The first-order valence-corrected chi connectivity index (χ1v) is 8.05. The van der Waals surface area contributed by atoms with E-state index in [1.165, 1.54) is 5.56 Å². The Kier molecular flexibility index (Phi) is 4.27. The van der Waals surface area contributed by atoms with E-state index in [9.17, 15) is 9.90 Å². The van der Waals surface area contributed by atoms with Crippen molar-refractivity contribution in [3.63, 3.8) is 0 Å². The lowest BCUT2D eigenvalue weighted by Crippen LogP contribution is -2.35. The molecular formula is C17H24N2O2. The fourth-order valence-corrected chi connectivity index (χ4v) is 3.46. The van der Waals surface area contributed by atoms with Crippen LogP contribution in [0, 0.1) is 0 Å². The molecule has 1 aromatic rings. The molecule has 0 radical (unpaired) electrons. The van der Waals surface area contributed by atoms with Crippen LogP contribution in [0.1, 0.15) is 49.8 Å². The van der Waals surface area contributed by atoms with E-state index < -0.39 is 6.10 Å². The molecule has 1 saturated heterocycles. The number of aliphatic hydroxyl groups is 1. The summed E-state index contributed by atoms with van der Waals surface area (Å²) in [6.45, 7) is 3.71. The second-order valence-electron chi connectivity index (χ2n) is 6.04. The molecule has 0 aliphatic carbocycles. The van der Waals surface area contributed by atoms with Crippen molar-refractivity contribution in [2.45, 2.75) is 51.2 Å². The van der Waals surface area contributed by atoms with E-state index in [0.717, 1.165) is 50.0 Å². The van der Waals surface area contributed by atoms with Crippen molar-refractivity contribution in [3.05, 3.63) is 29.3 Å². The molecule has 0 saturated carbocycles. The van der Waals surface area contributed by atoms with Gasteiger partial charge in [-0.15, -0.1) is 0 Å². The van der Waals surface area contributed by atoms with E-state index in [2.05, 4.69) is 11.4 Å². The number of aliphatic hydroxyl groups excluding tert-OH is 1. The Labute approximate surface area is 126 Å². The van der Waals surface area contributed by atoms with Gasteiger partial charge in [-0.1, -0.05) is 19.1 Å². The molecule has 0 spiro atoms. The van der Waals surface area contributed by atoms with Crippen LogP contribution < -0.4 is 10.2 Å². The second kappa shape index (κ2) is 6.16. The van der Waals surface area contributed by atoms with Gasteiger partial charge in [-0.2, -0.15) is 0 Å². The van der Waals surface area contributed by atoms with E-state index in [1.54, 1.807) is 0 Å². The number of amides is 1. The highest BCUT2D eigenvalue weighted by Crippen LogP contribution is 2.32. The Bertz CT molecular complexity index is 524. The molecule has 0 aromatic heterocycles. The lowest BCUT2D eigenvalue weighted by molar-refractivity contribution is -0.118. The van der Waals surface area contributed by atoms with Crippen LogP contribution in [0.4, 0.5) is 5.69 Å². The number of aryl methyl sites for hydroxylation is 1. The molecule has 1 aromatic carbocycles. The predicted molar refractivity (Wildman–Crippen MR) is 83.4 cm³/mol. The first-order valence-electron chi connectivity index (χ1n) is 8.05. The Balaban J connectivity index is 1.85. The van der Waals surface area contributed by atoms with Crippen LogP contribution in [0.3, 0.4) is 0 Å². The van der Waals surface area contributed by atoms with Crippen LogP contribution in [-0.4, -0.2) is 30.1 Å². The molecule has 114 valence electrons. The number of hydrogen-bond donors (Lipinski definition) is 2. The highest BCUT2D eigenvalue weighted by atomic mass is 16.3. The van der Waals surface area contributed by atoms with E-state index in [1.807, 2.05) is 24.0 Å². The SMILES string of the molecule is CCC(=O)N1CCCc2cc(C(O)C3CCCN3)ccc21. The molecule has 4 heteroatoms. The first-order chi connectivity index (χ1) is 10.2. The van der Waals surface area contributed by atoms with Crippen LogP contribution in [0.15, 0.2) is 18.2 Å². The topological polar surface area (TPSA) is 52.6 Å². The van der Waals surface area contributed by atoms with Gasteiger partial charge >= 0.3 is 0 Å². The molecule has 2 N–H and O–H groups in total. The van der Waals surface area contributed by atoms with Crippen molar-refractivity contribution < 1.29 is 9.90 Å². The molecule has 4 nitrogen and oxygen atoms in total. The molecule has 1 amide bonds. The number of hydrogen-bond acceptors (Lipinski definition) is 3. The lowest BCUT2D eigenvalue weighted by Gasteiger charge is -2.30. The molecule has 3 rings (SSSR count). The summed E-state index contributed by atoms with van der Waals surface area (Å²) in [5.41, 5.74) is 3.19. The van der Waals surface area contributed by atoms with Gasteiger partial charge in [0.15, 0.2) is 0 Å². The number of nitrogens with one attached hydrogen (secondary N) is 1. The number of fused-ring (bicyclic) bond motifs is 1. The zero-order chi connectivity index (χ0) is 14.8. The normalized spacial score (nSPS) is 23.0. The Morgan fingerprint density at radius 2 is 2.33 bits per heavy atom. The third-order valence-corrected chi connectivity index (χ3v) is 4.65. The summed E-state index contributed by atoms with van der Waals surface area (Å²) in [5, 5.41) is 13.9. The van der Waals surface area contributed by atoms with E-state index in [4.69, 9.17) is 0 Å². The van der Waals surface area contributed by atoms with Gasteiger partial charge in [0.05, 0.1) is 6.10 Å². The van der Waals surface area contributed by atoms with Crippen LogP contribution in [-0.2, 0) is 11.2 Å².